The molecule has 0 saturated carbocycles. The second-order valence-corrected chi connectivity index (χ2v) is 3.85. The fourth-order valence-electron chi connectivity index (χ4n) is 1.17. The van der Waals surface area contributed by atoms with Crippen LogP contribution in [0.4, 0.5) is 5.82 Å². The van der Waals surface area contributed by atoms with Gasteiger partial charge >= 0.3 is 5.69 Å². The molecular formula is C8H8N4O2S. The number of aromatic amines is 1. The third-order valence-electron chi connectivity index (χ3n) is 1.84. The van der Waals surface area contributed by atoms with Crippen LogP contribution in [-0.2, 0) is 6.54 Å². The van der Waals surface area contributed by atoms with Crippen molar-refractivity contribution in [2.24, 2.45) is 0 Å². The standard InChI is InChI=1S/C8H8N4O2S/c9-5-3-6(13)11-8(14)12(5)4-7-10-1-2-15-7/h1-3H,4,9H2,(H,11,13,14). The van der Waals surface area contributed by atoms with Gasteiger partial charge in [0.1, 0.15) is 10.8 Å². The summed E-state index contributed by atoms with van der Waals surface area (Å²) in [4.78, 5) is 28.5. The molecule has 2 aromatic heterocycles. The molecule has 0 aromatic carbocycles. The lowest BCUT2D eigenvalue weighted by molar-refractivity contribution is 0.728. The van der Waals surface area contributed by atoms with Gasteiger partial charge in [0.2, 0.25) is 0 Å². The third-order valence-corrected chi connectivity index (χ3v) is 2.61. The number of anilines is 1. The molecule has 0 saturated heterocycles. The lowest BCUT2D eigenvalue weighted by Crippen LogP contribution is -2.31. The molecule has 0 amide bonds. The number of H-pyrrole nitrogens is 1. The molecule has 3 N–H and O–H groups in total. The maximum absolute atomic E-state index is 11.4. The van der Waals surface area contributed by atoms with Crippen molar-refractivity contribution in [1.29, 1.82) is 0 Å². The highest BCUT2D eigenvalue weighted by molar-refractivity contribution is 7.09. The fraction of sp³-hybridized carbons (Fsp3) is 0.125. The van der Waals surface area contributed by atoms with E-state index in [-0.39, 0.29) is 12.4 Å². The van der Waals surface area contributed by atoms with E-state index in [1.54, 1.807) is 6.20 Å². The predicted octanol–water partition coefficient (Wildman–Crippen LogP) is -0.376. The summed E-state index contributed by atoms with van der Waals surface area (Å²) in [6.07, 6.45) is 1.65. The Morgan fingerprint density at radius 3 is 2.93 bits per heavy atom. The number of nitrogens with zero attached hydrogens (tertiary/aromatic N) is 2. The van der Waals surface area contributed by atoms with E-state index in [1.165, 1.54) is 22.0 Å². The van der Waals surface area contributed by atoms with E-state index in [9.17, 15) is 9.59 Å². The molecule has 2 heterocycles. The van der Waals surface area contributed by atoms with E-state index in [4.69, 9.17) is 5.73 Å². The molecule has 0 aliphatic rings. The second-order valence-electron chi connectivity index (χ2n) is 2.88. The zero-order valence-corrected chi connectivity index (χ0v) is 8.45. The van der Waals surface area contributed by atoms with Crippen LogP contribution in [-0.4, -0.2) is 14.5 Å². The minimum Gasteiger partial charge on any atom is -0.385 e. The van der Waals surface area contributed by atoms with Crippen molar-refractivity contribution >= 4 is 17.2 Å². The number of nitrogens with one attached hydrogen (secondary N) is 1. The maximum Gasteiger partial charge on any atom is 0.330 e. The van der Waals surface area contributed by atoms with Crippen molar-refractivity contribution in [2.45, 2.75) is 6.54 Å². The Morgan fingerprint density at radius 2 is 2.33 bits per heavy atom. The molecule has 0 atom stereocenters. The molecule has 0 spiro atoms. The zero-order valence-electron chi connectivity index (χ0n) is 7.64. The first-order chi connectivity index (χ1) is 7.16. The fourth-order valence-corrected chi connectivity index (χ4v) is 1.77. The van der Waals surface area contributed by atoms with Gasteiger partial charge in [0.05, 0.1) is 6.54 Å². The van der Waals surface area contributed by atoms with E-state index in [0.29, 0.717) is 0 Å². The number of aromatic nitrogens is 3. The zero-order chi connectivity index (χ0) is 10.8. The highest BCUT2D eigenvalue weighted by atomic mass is 32.1. The molecule has 2 rings (SSSR count). The normalized spacial score (nSPS) is 10.4. The highest BCUT2D eigenvalue weighted by Crippen LogP contribution is 2.06. The first-order valence-electron chi connectivity index (χ1n) is 4.15. The average Bonchev–Trinajstić information content (AvgIpc) is 2.63. The lowest BCUT2D eigenvalue weighted by Gasteiger charge is -2.05. The van der Waals surface area contributed by atoms with Gasteiger partial charge in [-0.05, 0) is 0 Å². The van der Waals surface area contributed by atoms with Crippen LogP contribution >= 0.6 is 11.3 Å². The van der Waals surface area contributed by atoms with Crippen molar-refractivity contribution in [3.63, 3.8) is 0 Å². The van der Waals surface area contributed by atoms with E-state index < -0.39 is 11.2 Å². The summed E-state index contributed by atoms with van der Waals surface area (Å²) in [6, 6.07) is 1.18. The highest BCUT2D eigenvalue weighted by Gasteiger charge is 2.04. The molecule has 15 heavy (non-hydrogen) atoms. The summed E-state index contributed by atoms with van der Waals surface area (Å²) in [7, 11) is 0. The van der Waals surface area contributed by atoms with Crippen LogP contribution in [0, 0.1) is 0 Å². The topological polar surface area (TPSA) is 93.8 Å². The smallest absolute Gasteiger partial charge is 0.330 e. The first kappa shape index (κ1) is 9.66. The third kappa shape index (κ3) is 1.96. The molecule has 0 aliphatic carbocycles. The Balaban J connectivity index is 2.45. The summed E-state index contributed by atoms with van der Waals surface area (Å²) < 4.78 is 1.26. The Morgan fingerprint density at radius 1 is 1.53 bits per heavy atom. The van der Waals surface area contributed by atoms with Crippen molar-refractivity contribution in [3.05, 3.63) is 43.5 Å². The predicted molar refractivity (Wildman–Crippen MR) is 57.0 cm³/mol. The number of nitrogen functional groups attached to an aromatic ring is 1. The van der Waals surface area contributed by atoms with Gasteiger partial charge < -0.3 is 5.73 Å². The van der Waals surface area contributed by atoms with Crippen molar-refractivity contribution in [3.8, 4) is 0 Å². The largest absolute Gasteiger partial charge is 0.385 e. The molecule has 0 fully saturated rings. The summed E-state index contributed by atoms with van der Waals surface area (Å²) >= 11 is 1.42. The van der Waals surface area contributed by atoms with Gasteiger partial charge in [0, 0.05) is 17.6 Å². The molecule has 0 aliphatic heterocycles. The monoisotopic (exact) mass is 224 g/mol. The minimum atomic E-state index is -0.518. The minimum absolute atomic E-state index is 0.138. The van der Waals surface area contributed by atoms with Gasteiger partial charge in [-0.2, -0.15) is 0 Å². The summed E-state index contributed by atoms with van der Waals surface area (Å²) in [5, 5.41) is 2.57. The summed E-state index contributed by atoms with van der Waals surface area (Å²) in [5.41, 5.74) is 4.55. The van der Waals surface area contributed by atoms with Crippen molar-refractivity contribution < 1.29 is 0 Å². The van der Waals surface area contributed by atoms with E-state index in [0.717, 1.165) is 5.01 Å². The number of nitrogens with two attached hydrogens (primary N) is 1. The number of hydrogen-bond donors (Lipinski definition) is 2. The van der Waals surface area contributed by atoms with Crippen LogP contribution in [0.25, 0.3) is 0 Å². The van der Waals surface area contributed by atoms with E-state index in [2.05, 4.69) is 9.97 Å². The first-order valence-corrected chi connectivity index (χ1v) is 5.03. The quantitative estimate of drug-likeness (QED) is 0.727. The molecule has 78 valence electrons. The SMILES string of the molecule is Nc1cc(=O)[nH]c(=O)n1Cc1nccs1. The Hall–Kier alpha value is -1.89. The van der Waals surface area contributed by atoms with E-state index in [1.807, 2.05) is 5.38 Å². The van der Waals surface area contributed by atoms with E-state index >= 15 is 0 Å². The maximum atomic E-state index is 11.4. The van der Waals surface area contributed by atoms with Gasteiger partial charge in [-0.3, -0.25) is 14.3 Å². The number of rotatable bonds is 2. The number of thiazole rings is 1. The average molecular weight is 224 g/mol. The summed E-state index contributed by atoms with van der Waals surface area (Å²) in [5.74, 6) is 0.138. The van der Waals surface area contributed by atoms with Crippen molar-refractivity contribution in [2.75, 3.05) is 5.73 Å². The Kier molecular flexibility index (Phi) is 2.38. The van der Waals surface area contributed by atoms with Gasteiger partial charge in [-0.1, -0.05) is 0 Å². The Bertz CT molecular complexity index is 569. The lowest BCUT2D eigenvalue weighted by atomic mass is 10.5. The van der Waals surface area contributed by atoms with Crippen LogP contribution in [0.2, 0.25) is 0 Å². The molecule has 2 aromatic rings. The summed E-state index contributed by atoms with van der Waals surface area (Å²) in [6.45, 7) is 0.277. The molecule has 0 radical (unpaired) electrons. The molecular weight excluding hydrogens is 216 g/mol. The molecule has 0 bridgehead atoms. The van der Waals surface area contributed by atoms with Crippen LogP contribution in [0.3, 0.4) is 0 Å². The molecule has 6 nitrogen and oxygen atoms in total. The van der Waals surface area contributed by atoms with Crippen molar-refractivity contribution in [1.82, 2.24) is 14.5 Å². The van der Waals surface area contributed by atoms with Gasteiger partial charge in [0.15, 0.2) is 0 Å². The second kappa shape index (κ2) is 3.70. The van der Waals surface area contributed by atoms with Gasteiger partial charge in [0.25, 0.3) is 5.56 Å². The van der Waals surface area contributed by atoms with Crippen LogP contribution in [0.1, 0.15) is 5.01 Å². The van der Waals surface area contributed by atoms with Gasteiger partial charge in [-0.15, -0.1) is 11.3 Å². The van der Waals surface area contributed by atoms with Crippen LogP contribution in [0.5, 0.6) is 0 Å². The molecule has 7 heteroatoms. The number of hydrogen-bond acceptors (Lipinski definition) is 5. The Labute approximate surface area is 88.0 Å². The van der Waals surface area contributed by atoms with Crippen LogP contribution < -0.4 is 17.0 Å². The van der Waals surface area contributed by atoms with Gasteiger partial charge in [-0.25, -0.2) is 9.78 Å². The van der Waals surface area contributed by atoms with Crippen LogP contribution in [0.15, 0.2) is 27.2 Å². The molecule has 0 unspecified atom stereocenters.